The number of aryl methyl sites for hydroxylation is 1. The molecule has 106 valence electrons. The highest BCUT2D eigenvalue weighted by Gasteiger charge is 2.11. The second-order valence-electron chi connectivity index (χ2n) is 5.40. The zero-order valence-electron chi connectivity index (χ0n) is 12.3. The van der Waals surface area contributed by atoms with Gasteiger partial charge in [-0.1, -0.05) is 49.4 Å². The zero-order valence-corrected chi connectivity index (χ0v) is 12.3. The van der Waals surface area contributed by atoms with Crippen LogP contribution in [-0.2, 0) is 12.8 Å². The van der Waals surface area contributed by atoms with Crippen molar-refractivity contribution in [3.05, 3.63) is 77.5 Å². The van der Waals surface area contributed by atoms with Crippen molar-refractivity contribution >= 4 is 10.9 Å². The molecule has 1 unspecified atom stereocenters. The van der Waals surface area contributed by atoms with Gasteiger partial charge in [-0.05, 0) is 41.7 Å². The fourth-order valence-corrected chi connectivity index (χ4v) is 2.72. The molecule has 21 heavy (non-hydrogen) atoms. The van der Waals surface area contributed by atoms with Crippen LogP contribution in [-0.4, -0.2) is 4.98 Å². The molecule has 0 aliphatic heterocycles. The summed E-state index contributed by atoms with van der Waals surface area (Å²) < 4.78 is 0. The molecule has 0 fully saturated rings. The molecule has 0 amide bonds. The molecule has 2 aromatic carbocycles. The average molecular weight is 276 g/mol. The van der Waals surface area contributed by atoms with Gasteiger partial charge in [-0.2, -0.15) is 0 Å². The van der Waals surface area contributed by atoms with Crippen LogP contribution in [0.2, 0.25) is 0 Å². The van der Waals surface area contributed by atoms with Gasteiger partial charge < -0.3 is 5.73 Å². The molecule has 0 radical (unpaired) electrons. The Morgan fingerprint density at radius 3 is 2.43 bits per heavy atom. The predicted octanol–water partition coefficient (Wildman–Crippen LogP) is 4.04. The maximum absolute atomic E-state index is 6.44. The fraction of sp³-hybridized carbons (Fsp3) is 0.211. The number of hydrogen-bond donors (Lipinski definition) is 1. The van der Waals surface area contributed by atoms with E-state index in [9.17, 15) is 0 Å². The molecule has 3 rings (SSSR count). The Labute approximate surface area is 125 Å². The van der Waals surface area contributed by atoms with Crippen molar-refractivity contribution < 1.29 is 0 Å². The highest BCUT2D eigenvalue weighted by atomic mass is 14.7. The number of pyridine rings is 1. The molecule has 2 heteroatoms. The molecule has 2 N–H and O–H groups in total. The minimum atomic E-state index is -0.00891. The number of para-hydroxylation sites is 1. The lowest BCUT2D eigenvalue weighted by atomic mass is 9.96. The molecule has 1 atom stereocenters. The third-order valence-corrected chi connectivity index (χ3v) is 3.97. The van der Waals surface area contributed by atoms with Crippen LogP contribution in [0.5, 0.6) is 0 Å². The number of nitrogens with zero attached hydrogens (tertiary/aromatic N) is 1. The van der Waals surface area contributed by atoms with E-state index in [0.29, 0.717) is 0 Å². The lowest BCUT2D eigenvalue weighted by Gasteiger charge is -2.14. The summed E-state index contributed by atoms with van der Waals surface area (Å²) in [6.07, 6.45) is 3.76. The van der Waals surface area contributed by atoms with E-state index in [4.69, 9.17) is 5.73 Å². The molecule has 2 nitrogen and oxygen atoms in total. The van der Waals surface area contributed by atoms with Crippen molar-refractivity contribution in [1.29, 1.82) is 0 Å². The molecule has 0 aliphatic rings. The van der Waals surface area contributed by atoms with E-state index >= 15 is 0 Å². The molecule has 0 spiro atoms. The summed E-state index contributed by atoms with van der Waals surface area (Å²) >= 11 is 0. The summed E-state index contributed by atoms with van der Waals surface area (Å²) in [6.45, 7) is 2.17. The van der Waals surface area contributed by atoms with Gasteiger partial charge in [-0.25, -0.2) is 0 Å². The van der Waals surface area contributed by atoms with E-state index in [1.807, 2.05) is 30.5 Å². The quantitative estimate of drug-likeness (QED) is 0.781. The summed E-state index contributed by atoms with van der Waals surface area (Å²) in [5.41, 5.74) is 11.2. The van der Waals surface area contributed by atoms with Crippen LogP contribution in [0.15, 0.2) is 60.8 Å². The van der Waals surface area contributed by atoms with Crippen LogP contribution in [0, 0.1) is 0 Å². The largest absolute Gasteiger partial charge is 0.324 e. The SMILES string of the molecule is CCc1ccc(CC(N)c2ccnc3ccccc23)cc1. The summed E-state index contributed by atoms with van der Waals surface area (Å²) in [6, 6.07) is 18.9. The van der Waals surface area contributed by atoms with Gasteiger partial charge in [-0.3, -0.25) is 4.98 Å². The van der Waals surface area contributed by atoms with Gasteiger partial charge in [0.25, 0.3) is 0 Å². The first kappa shape index (κ1) is 13.8. The smallest absolute Gasteiger partial charge is 0.0705 e. The topological polar surface area (TPSA) is 38.9 Å². The highest BCUT2D eigenvalue weighted by molar-refractivity contribution is 5.82. The molecule has 0 saturated heterocycles. The normalized spacial score (nSPS) is 12.5. The first-order valence-corrected chi connectivity index (χ1v) is 7.45. The Bertz CT molecular complexity index is 727. The number of nitrogens with two attached hydrogens (primary N) is 1. The van der Waals surface area contributed by atoms with Crippen molar-refractivity contribution in [3.63, 3.8) is 0 Å². The van der Waals surface area contributed by atoms with Gasteiger partial charge in [0.15, 0.2) is 0 Å². The van der Waals surface area contributed by atoms with E-state index in [1.165, 1.54) is 16.7 Å². The average Bonchev–Trinajstić information content (AvgIpc) is 2.55. The number of aromatic nitrogens is 1. The van der Waals surface area contributed by atoms with Crippen LogP contribution in [0.1, 0.15) is 29.7 Å². The second kappa shape index (κ2) is 6.06. The van der Waals surface area contributed by atoms with Gasteiger partial charge in [-0.15, -0.1) is 0 Å². The van der Waals surface area contributed by atoms with Gasteiger partial charge in [0, 0.05) is 17.6 Å². The lowest BCUT2D eigenvalue weighted by Crippen LogP contribution is -2.14. The molecular formula is C19H20N2. The van der Waals surface area contributed by atoms with E-state index in [0.717, 1.165) is 23.7 Å². The maximum atomic E-state index is 6.44. The van der Waals surface area contributed by atoms with Gasteiger partial charge >= 0.3 is 0 Å². The van der Waals surface area contributed by atoms with E-state index < -0.39 is 0 Å². The number of rotatable bonds is 4. The van der Waals surface area contributed by atoms with Crippen LogP contribution < -0.4 is 5.73 Å². The molecule has 3 aromatic rings. The number of fused-ring (bicyclic) bond motifs is 1. The zero-order chi connectivity index (χ0) is 14.7. The highest BCUT2D eigenvalue weighted by Crippen LogP contribution is 2.24. The van der Waals surface area contributed by atoms with Gasteiger partial charge in [0.2, 0.25) is 0 Å². The Morgan fingerprint density at radius 1 is 0.952 bits per heavy atom. The van der Waals surface area contributed by atoms with Crippen molar-refractivity contribution in [2.24, 2.45) is 5.73 Å². The standard InChI is InChI=1S/C19H20N2/c1-2-14-7-9-15(10-8-14)13-18(20)16-11-12-21-19-6-4-3-5-17(16)19/h3-12,18H,2,13,20H2,1H3. The molecular weight excluding hydrogens is 256 g/mol. The third-order valence-electron chi connectivity index (χ3n) is 3.97. The lowest BCUT2D eigenvalue weighted by molar-refractivity contribution is 0.727. The number of hydrogen-bond acceptors (Lipinski definition) is 2. The van der Waals surface area contributed by atoms with E-state index in [-0.39, 0.29) is 6.04 Å². The van der Waals surface area contributed by atoms with Crippen LogP contribution in [0.3, 0.4) is 0 Å². The van der Waals surface area contributed by atoms with Crippen molar-refractivity contribution in [2.75, 3.05) is 0 Å². The van der Waals surface area contributed by atoms with Crippen LogP contribution >= 0.6 is 0 Å². The van der Waals surface area contributed by atoms with Crippen molar-refractivity contribution in [1.82, 2.24) is 4.98 Å². The predicted molar refractivity (Wildman–Crippen MR) is 88.2 cm³/mol. The summed E-state index contributed by atoms with van der Waals surface area (Å²) in [7, 11) is 0. The first-order valence-electron chi connectivity index (χ1n) is 7.45. The Balaban J connectivity index is 1.88. The van der Waals surface area contributed by atoms with Gasteiger partial charge in [0.05, 0.1) is 5.52 Å². The second-order valence-corrected chi connectivity index (χ2v) is 5.40. The van der Waals surface area contributed by atoms with E-state index in [2.05, 4.69) is 42.2 Å². The monoisotopic (exact) mass is 276 g/mol. The number of benzene rings is 2. The minimum Gasteiger partial charge on any atom is -0.324 e. The van der Waals surface area contributed by atoms with Crippen LogP contribution in [0.25, 0.3) is 10.9 Å². The summed E-state index contributed by atoms with van der Waals surface area (Å²) in [5.74, 6) is 0. The molecule has 1 aromatic heterocycles. The molecule has 0 saturated carbocycles. The molecule has 1 heterocycles. The summed E-state index contributed by atoms with van der Waals surface area (Å²) in [4.78, 5) is 4.40. The van der Waals surface area contributed by atoms with E-state index in [1.54, 1.807) is 0 Å². The Morgan fingerprint density at radius 2 is 1.67 bits per heavy atom. The first-order chi connectivity index (χ1) is 10.3. The van der Waals surface area contributed by atoms with Gasteiger partial charge in [0.1, 0.15) is 0 Å². The Kier molecular flexibility index (Phi) is 3.98. The van der Waals surface area contributed by atoms with Crippen LogP contribution in [0.4, 0.5) is 0 Å². The molecule has 0 bridgehead atoms. The maximum Gasteiger partial charge on any atom is 0.0705 e. The Hall–Kier alpha value is -2.19. The molecule has 0 aliphatic carbocycles. The minimum absolute atomic E-state index is 0.00891. The van der Waals surface area contributed by atoms with Crippen molar-refractivity contribution in [2.45, 2.75) is 25.8 Å². The summed E-state index contributed by atoms with van der Waals surface area (Å²) in [5, 5.41) is 1.15. The fourth-order valence-electron chi connectivity index (χ4n) is 2.72. The third kappa shape index (κ3) is 2.96. The van der Waals surface area contributed by atoms with Crippen molar-refractivity contribution in [3.8, 4) is 0 Å².